The minimum absolute atomic E-state index is 0.0371. The molecular weight excluding hydrogens is 268 g/mol. The number of carbonyl (C=O) groups is 1. The summed E-state index contributed by atoms with van der Waals surface area (Å²) in [5.41, 5.74) is 1.54. The van der Waals surface area contributed by atoms with Gasteiger partial charge in [0.1, 0.15) is 17.3 Å². The maximum Gasteiger partial charge on any atom is 0.221 e. The molecule has 0 bridgehead atoms. The zero-order valence-electron chi connectivity index (χ0n) is 12.7. The summed E-state index contributed by atoms with van der Waals surface area (Å²) < 4.78 is 10.9. The predicted molar refractivity (Wildman–Crippen MR) is 82.8 cm³/mol. The third-order valence-corrected chi connectivity index (χ3v) is 3.08. The van der Waals surface area contributed by atoms with Gasteiger partial charge in [0, 0.05) is 18.7 Å². The Morgan fingerprint density at radius 3 is 2.62 bits per heavy atom. The molecule has 2 aromatic rings. The summed E-state index contributed by atoms with van der Waals surface area (Å²) in [5.74, 6) is 2.24. The molecule has 112 valence electrons. The van der Waals surface area contributed by atoms with Gasteiger partial charge in [-0.2, -0.15) is 0 Å². The largest absolute Gasteiger partial charge is 0.494 e. The van der Waals surface area contributed by atoms with E-state index in [0.717, 1.165) is 17.2 Å². The van der Waals surface area contributed by atoms with Crippen molar-refractivity contribution in [3.8, 4) is 5.75 Å². The van der Waals surface area contributed by atoms with E-state index in [-0.39, 0.29) is 11.9 Å². The Labute approximate surface area is 124 Å². The van der Waals surface area contributed by atoms with Crippen molar-refractivity contribution in [3.05, 3.63) is 41.9 Å². The Morgan fingerprint density at radius 2 is 2.05 bits per heavy atom. The van der Waals surface area contributed by atoms with Crippen LogP contribution in [0.1, 0.15) is 31.4 Å². The van der Waals surface area contributed by atoms with Gasteiger partial charge in [0.25, 0.3) is 0 Å². The minimum Gasteiger partial charge on any atom is -0.494 e. The Kier molecular flexibility index (Phi) is 4.52. The van der Waals surface area contributed by atoms with Crippen LogP contribution in [-0.4, -0.2) is 13.0 Å². The van der Waals surface area contributed by atoms with E-state index in [1.807, 2.05) is 44.2 Å². The van der Waals surface area contributed by atoms with Crippen molar-refractivity contribution >= 4 is 17.3 Å². The summed E-state index contributed by atoms with van der Waals surface area (Å²) in [6.07, 6.45) is 0. The molecule has 1 unspecified atom stereocenters. The molecule has 1 aromatic heterocycles. The smallest absolute Gasteiger partial charge is 0.221 e. The van der Waals surface area contributed by atoms with E-state index in [9.17, 15) is 4.79 Å². The van der Waals surface area contributed by atoms with Gasteiger partial charge in [-0.25, -0.2) is 0 Å². The number of furan rings is 1. The van der Waals surface area contributed by atoms with Crippen LogP contribution in [0.25, 0.3) is 0 Å². The first-order valence-corrected chi connectivity index (χ1v) is 6.78. The van der Waals surface area contributed by atoms with E-state index >= 15 is 0 Å². The summed E-state index contributed by atoms with van der Waals surface area (Å²) in [6, 6.07) is 9.47. The normalized spacial score (nSPS) is 11.8. The van der Waals surface area contributed by atoms with Gasteiger partial charge in [0.15, 0.2) is 0 Å². The molecule has 0 saturated heterocycles. The molecule has 5 heteroatoms. The molecule has 0 fully saturated rings. The zero-order valence-corrected chi connectivity index (χ0v) is 12.7. The lowest BCUT2D eigenvalue weighted by Crippen LogP contribution is -2.09. The molecule has 1 aromatic carbocycles. The summed E-state index contributed by atoms with van der Waals surface area (Å²) in [5, 5.41) is 6.07. The van der Waals surface area contributed by atoms with Crippen LogP contribution in [0, 0.1) is 6.92 Å². The van der Waals surface area contributed by atoms with Crippen LogP contribution in [0.3, 0.4) is 0 Å². The topological polar surface area (TPSA) is 63.5 Å². The van der Waals surface area contributed by atoms with Crippen LogP contribution in [0.4, 0.5) is 11.4 Å². The summed E-state index contributed by atoms with van der Waals surface area (Å²) in [6.45, 7) is 5.40. The average Bonchev–Trinajstić information content (AvgIpc) is 2.86. The van der Waals surface area contributed by atoms with Crippen molar-refractivity contribution in [1.29, 1.82) is 0 Å². The second-order valence-corrected chi connectivity index (χ2v) is 4.91. The molecule has 0 aliphatic carbocycles. The SMILES string of the molecule is COc1cc(NC(C)c2ccc(C)o2)ccc1NC(C)=O. The van der Waals surface area contributed by atoms with Crippen LogP contribution in [0.15, 0.2) is 34.7 Å². The maximum absolute atomic E-state index is 11.1. The summed E-state index contributed by atoms with van der Waals surface area (Å²) in [7, 11) is 1.57. The minimum atomic E-state index is -0.131. The van der Waals surface area contributed by atoms with Gasteiger partial charge < -0.3 is 19.8 Å². The monoisotopic (exact) mass is 288 g/mol. The molecule has 0 aliphatic rings. The number of rotatable bonds is 5. The fourth-order valence-corrected chi connectivity index (χ4v) is 2.08. The van der Waals surface area contributed by atoms with Gasteiger partial charge >= 0.3 is 0 Å². The maximum atomic E-state index is 11.1. The van der Waals surface area contributed by atoms with Crippen molar-refractivity contribution in [2.45, 2.75) is 26.8 Å². The molecule has 0 radical (unpaired) electrons. The molecule has 2 rings (SSSR count). The fourth-order valence-electron chi connectivity index (χ4n) is 2.08. The molecule has 5 nitrogen and oxygen atoms in total. The summed E-state index contributed by atoms with van der Waals surface area (Å²) >= 11 is 0. The van der Waals surface area contributed by atoms with Gasteiger partial charge in [-0.1, -0.05) is 0 Å². The van der Waals surface area contributed by atoms with Crippen molar-refractivity contribution in [2.24, 2.45) is 0 Å². The molecule has 21 heavy (non-hydrogen) atoms. The Balaban J connectivity index is 2.15. The van der Waals surface area contributed by atoms with Gasteiger partial charge in [-0.3, -0.25) is 4.79 Å². The average molecular weight is 288 g/mol. The lowest BCUT2D eigenvalue weighted by atomic mass is 10.2. The third-order valence-electron chi connectivity index (χ3n) is 3.08. The summed E-state index contributed by atoms with van der Waals surface area (Å²) in [4.78, 5) is 11.1. The highest BCUT2D eigenvalue weighted by molar-refractivity contribution is 5.90. The van der Waals surface area contributed by atoms with Gasteiger partial charge in [0.05, 0.1) is 18.8 Å². The van der Waals surface area contributed by atoms with Crippen molar-refractivity contribution in [1.82, 2.24) is 0 Å². The molecule has 0 saturated carbocycles. The van der Waals surface area contributed by atoms with Crippen molar-refractivity contribution < 1.29 is 13.9 Å². The number of hydrogen-bond acceptors (Lipinski definition) is 4. The highest BCUT2D eigenvalue weighted by atomic mass is 16.5. The lowest BCUT2D eigenvalue weighted by Gasteiger charge is -2.15. The number of methoxy groups -OCH3 is 1. The van der Waals surface area contributed by atoms with Crippen molar-refractivity contribution in [2.75, 3.05) is 17.7 Å². The van der Waals surface area contributed by atoms with E-state index in [1.54, 1.807) is 7.11 Å². The highest BCUT2D eigenvalue weighted by Gasteiger charge is 2.11. The molecule has 1 atom stereocenters. The first-order chi connectivity index (χ1) is 9.99. The number of amides is 1. The van der Waals surface area contributed by atoms with Crippen LogP contribution in [0.5, 0.6) is 5.75 Å². The van der Waals surface area contributed by atoms with Crippen LogP contribution < -0.4 is 15.4 Å². The van der Waals surface area contributed by atoms with Crippen LogP contribution in [0.2, 0.25) is 0 Å². The molecule has 0 aliphatic heterocycles. The number of carbonyl (C=O) groups excluding carboxylic acids is 1. The second-order valence-electron chi connectivity index (χ2n) is 4.91. The number of anilines is 2. The number of aryl methyl sites for hydroxylation is 1. The third kappa shape index (κ3) is 3.78. The Hall–Kier alpha value is -2.43. The van der Waals surface area contributed by atoms with E-state index in [4.69, 9.17) is 9.15 Å². The van der Waals surface area contributed by atoms with E-state index in [1.165, 1.54) is 6.92 Å². The van der Waals surface area contributed by atoms with E-state index in [2.05, 4.69) is 10.6 Å². The molecule has 1 amide bonds. The van der Waals surface area contributed by atoms with Crippen molar-refractivity contribution in [3.63, 3.8) is 0 Å². The van der Waals surface area contributed by atoms with Gasteiger partial charge in [-0.05, 0) is 38.1 Å². The molecular formula is C16H20N2O3. The standard InChI is InChI=1S/C16H20N2O3/c1-10-5-8-15(21-10)11(2)17-13-6-7-14(18-12(3)19)16(9-13)20-4/h5-9,11,17H,1-4H3,(H,18,19). The van der Waals surface area contributed by atoms with E-state index < -0.39 is 0 Å². The zero-order chi connectivity index (χ0) is 15.4. The second kappa shape index (κ2) is 6.35. The van der Waals surface area contributed by atoms with E-state index in [0.29, 0.717) is 11.4 Å². The molecule has 1 heterocycles. The van der Waals surface area contributed by atoms with Crippen LogP contribution >= 0.6 is 0 Å². The van der Waals surface area contributed by atoms with Gasteiger partial charge in [-0.15, -0.1) is 0 Å². The number of hydrogen-bond donors (Lipinski definition) is 2. The first-order valence-electron chi connectivity index (χ1n) is 6.78. The van der Waals surface area contributed by atoms with Gasteiger partial charge in [0.2, 0.25) is 5.91 Å². The number of ether oxygens (including phenoxy) is 1. The quantitative estimate of drug-likeness (QED) is 0.880. The first kappa shape index (κ1) is 15.0. The Morgan fingerprint density at radius 1 is 1.29 bits per heavy atom. The highest BCUT2D eigenvalue weighted by Crippen LogP contribution is 2.30. The lowest BCUT2D eigenvalue weighted by molar-refractivity contribution is -0.114. The molecule has 0 spiro atoms. The molecule has 2 N–H and O–H groups in total. The number of nitrogens with one attached hydrogen (secondary N) is 2. The number of benzene rings is 1. The Bertz CT molecular complexity index is 634. The predicted octanol–water partition coefficient (Wildman–Crippen LogP) is 3.73. The van der Waals surface area contributed by atoms with Crippen LogP contribution in [-0.2, 0) is 4.79 Å². The fraction of sp³-hybridized carbons (Fsp3) is 0.312.